The number of piperazine rings is 1. The molecule has 0 amide bonds. The third-order valence-electron chi connectivity index (χ3n) is 3.61. The summed E-state index contributed by atoms with van der Waals surface area (Å²) in [7, 11) is 2.04. The molecule has 0 aromatic carbocycles. The Morgan fingerprint density at radius 2 is 2.00 bits per heavy atom. The van der Waals surface area contributed by atoms with Crippen molar-refractivity contribution in [3.8, 4) is 0 Å². The molecule has 18 heavy (non-hydrogen) atoms. The molecule has 6 nitrogen and oxygen atoms in total. The molecule has 98 valence electrons. The minimum Gasteiger partial charge on any atom is -0.480 e. The van der Waals surface area contributed by atoms with E-state index in [0.717, 1.165) is 26.2 Å². The normalized spacial score (nSPS) is 21.4. The molecule has 2 heterocycles. The molecule has 0 aliphatic carbocycles. The Morgan fingerprint density at radius 1 is 1.33 bits per heavy atom. The van der Waals surface area contributed by atoms with Crippen molar-refractivity contribution in [3.63, 3.8) is 0 Å². The smallest absolute Gasteiger partial charge is 0.330 e. The van der Waals surface area contributed by atoms with Crippen molar-refractivity contribution >= 4 is 5.97 Å². The van der Waals surface area contributed by atoms with Crippen molar-refractivity contribution < 1.29 is 9.90 Å². The number of carboxylic acids is 1. The molecule has 0 spiro atoms. The summed E-state index contributed by atoms with van der Waals surface area (Å²) in [6.45, 7) is 4.86. The zero-order chi connectivity index (χ0) is 13.2. The molecule has 6 heteroatoms. The average Bonchev–Trinajstić information content (AvgIpc) is 2.39. The predicted octanol–water partition coefficient (Wildman–Crippen LogP) is 0.0238. The topological polar surface area (TPSA) is 69.6 Å². The second-order valence-corrected chi connectivity index (χ2v) is 4.76. The van der Waals surface area contributed by atoms with Crippen LogP contribution in [-0.4, -0.2) is 64.1 Å². The highest BCUT2D eigenvalue weighted by Gasteiger charge is 2.43. The van der Waals surface area contributed by atoms with Gasteiger partial charge in [0.1, 0.15) is 0 Å². The third kappa shape index (κ3) is 2.21. The van der Waals surface area contributed by atoms with E-state index < -0.39 is 11.5 Å². The fourth-order valence-corrected chi connectivity index (χ4v) is 2.21. The van der Waals surface area contributed by atoms with Crippen LogP contribution < -0.4 is 0 Å². The predicted molar refractivity (Wildman–Crippen MR) is 66.1 cm³/mol. The van der Waals surface area contributed by atoms with Crippen molar-refractivity contribution in [2.75, 3.05) is 33.2 Å². The Hall–Kier alpha value is -1.53. The summed E-state index contributed by atoms with van der Waals surface area (Å²) in [5.74, 6) is -0.882. The molecule has 1 N–H and O–H groups in total. The number of carbonyl (C=O) groups is 1. The van der Waals surface area contributed by atoms with Gasteiger partial charge in [0.05, 0.1) is 11.9 Å². The number of aliphatic carboxylic acids is 1. The SMILES string of the molecule is CN1CCN(C(C)(C(=O)O)c2cnccn2)CC1. The first-order valence-corrected chi connectivity index (χ1v) is 5.98. The zero-order valence-corrected chi connectivity index (χ0v) is 10.7. The maximum absolute atomic E-state index is 11.7. The fourth-order valence-electron chi connectivity index (χ4n) is 2.21. The molecule has 1 aliphatic rings. The van der Waals surface area contributed by atoms with E-state index in [-0.39, 0.29) is 0 Å². The number of likely N-dealkylation sites (N-methyl/N-ethyl adjacent to an activating group) is 1. The van der Waals surface area contributed by atoms with Crippen LogP contribution in [0, 0.1) is 0 Å². The Bertz CT molecular complexity index is 417. The van der Waals surface area contributed by atoms with Gasteiger partial charge >= 0.3 is 5.97 Å². The summed E-state index contributed by atoms with van der Waals surface area (Å²) >= 11 is 0. The molecule has 1 saturated heterocycles. The van der Waals surface area contributed by atoms with Crippen molar-refractivity contribution in [3.05, 3.63) is 24.3 Å². The summed E-state index contributed by atoms with van der Waals surface area (Å²) < 4.78 is 0. The Balaban J connectivity index is 2.30. The summed E-state index contributed by atoms with van der Waals surface area (Å²) in [5.41, 5.74) is -0.614. The van der Waals surface area contributed by atoms with Crippen molar-refractivity contribution in [1.82, 2.24) is 19.8 Å². The first-order chi connectivity index (χ1) is 8.55. The molecule has 1 atom stereocenters. The minimum atomic E-state index is -1.10. The lowest BCUT2D eigenvalue weighted by molar-refractivity contribution is -0.153. The van der Waals surface area contributed by atoms with Gasteiger partial charge in [-0.3, -0.25) is 14.9 Å². The van der Waals surface area contributed by atoms with Gasteiger partial charge in [-0.25, -0.2) is 4.79 Å². The number of hydrogen-bond acceptors (Lipinski definition) is 5. The van der Waals surface area contributed by atoms with Crippen LogP contribution in [0.1, 0.15) is 12.6 Å². The van der Waals surface area contributed by atoms with Crippen LogP contribution in [0.5, 0.6) is 0 Å². The molecule has 0 bridgehead atoms. The summed E-state index contributed by atoms with van der Waals surface area (Å²) in [5, 5.41) is 9.58. The first kappa shape index (κ1) is 12.9. The van der Waals surface area contributed by atoms with E-state index in [9.17, 15) is 9.90 Å². The summed E-state index contributed by atoms with van der Waals surface area (Å²) in [6, 6.07) is 0. The molecule has 0 saturated carbocycles. The monoisotopic (exact) mass is 250 g/mol. The number of hydrogen-bond donors (Lipinski definition) is 1. The van der Waals surface area contributed by atoms with Crippen molar-refractivity contribution in [2.24, 2.45) is 0 Å². The van der Waals surface area contributed by atoms with Gasteiger partial charge in [-0.15, -0.1) is 0 Å². The molecule has 1 aromatic heterocycles. The molecular formula is C12H18N4O2. The quantitative estimate of drug-likeness (QED) is 0.816. The van der Waals surface area contributed by atoms with Gasteiger partial charge in [0.25, 0.3) is 0 Å². The maximum atomic E-state index is 11.7. The van der Waals surface area contributed by atoms with Gasteiger partial charge < -0.3 is 10.0 Å². The van der Waals surface area contributed by atoms with Crippen LogP contribution >= 0.6 is 0 Å². The van der Waals surface area contributed by atoms with Gasteiger partial charge in [0.2, 0.25) is 0 Å². The lowest BCUT2D eigenvalue weighted by atomic mass is 9.94. The van der Waals surface area contributed by atoms with E-state index in [1.165, 1.54) is 12.4 Å². The van der Waals surface area contributed by atoms with Crippen LogP contribution in [-0.2, 0) is 10.3 Å². The first-order valence-electron chi connectivity index (χ1n) is 5.98. The summed E-state index contributed by atoms with van der Waals surface area (Å²) in [4.78, 5) is 24.0. The Kier molecular flexibility index (Phi) is 3.58. The van der Waals surface area contributed by atoms with Gasteiger partial charge in [-0.1, -0.05) is 0 Å². The van der Waals surface area contributed by atoms with Gasteiger partial charge in [0, 0.05) is 38.6 Å². The molecule has 0 radical (unpaired) electrons. The number of rotatable bonds is 3. The van der Waals surface area contributed by atoms with Crippen LogP contribution in [0.25, 0.3) is 0 Å². The zero-order valence-electron chi connectivity index (χ0n) is 10.7. The van der Waals surface area contributed by atoms with E-state index in [4.69, 9.17) is 0 Å². The molecule has 1 fully saturated rings. The van der Waals surface area contributed by atoms with Crippen LogP contribution in [0.15, 0.2) is 18.6 Å². The molecule has 1 aliphatic heterocycles. The highest BCUT2D eigenvalue weighted by atomic mass is 16.4. The van der Waals surface area contributed by atoms with E-state index in [0.29, 0.717) is 5.69 Å². The van der Waals surface area contributed by atoms with Crippen LogP contribution in [0.2, 0.25) is 0 Å². The summed E-state index contributed by atoms with van der Waals surface area (Å²) in [6.07, 6.45) is 4.62. The molecule has 1 aromatic rings. The lowest BCUT2D eigenvalue weighted by Gasteiger charge is -2.41. The maximum Gasteiger partial charge on any atom is 0.330 e. The number of carboxylic acid groups (broad SMARTS) is 1. The Morgan fingerprint density at radius 3 is 2.50 bits per heavy atom. The van der Waals surface area contributed by atoms with Crippen molar-refractivity contribution in [1.29, 1.82) is 0 Å². The standard InChI is InChI=1S/C12H18N4O2/c1-12(11(17)18,10-9-13-3-4-14-10)16-7-5-15(2)6-8-16/h3-4,9H,5-8H2,1-2H3,(H,17,18). The van der Waals surface area contributed by atoms with Crippen molar-refractivity contribution in [2.45, 2.75) is 12.5 Å². The van der Waals surface area contributed by atoms with Crippen LogP contribution in [0.3, 0.4) is 0 Å². The highest BCUT2D eigenvalue weighted by Crippen LogP contribution is 2.27. The van der Waals surface area contributed by atoms with Gasteiger partial charge in [-0.2, -0.15) is 0 Å². The lowest BCUT2D eigenvalue weighted by Crippen LogP contribution is -2.57. The average molecular weight is 250 g/mol. The highest BCUT2D eigenvalue weighted by molar-refractivity contribution is 5.79. The fraction of sp³-hybridized carbons (Fsp3) is 0.583. The second-order valence-electron chi connectivity index (χ2n) is 4.76. The van der Waals surface area contributed by atoms with E-state index in [1.54, 1.807) is 13.1 Å². The molecule has 2 rings (SSSR count). The van der Waals surface area contributed by atoms with Gasteiger partial charge in [0.15, 0.2) is 5.54 Å². The number of aromatic nitrogens is 2. The molecule has 1 unspecified atom stereocenters. The second kappa shape index (κ2) is 4.99. The molecular weight excluding hydrogens is 232 g/mol. The Labute approximate surface area is 106 Å². The largest absolute Gasteiger partial charge is 0.480 e. The van der Waals surface area contributed by atoms with E-state index in [2.05, 4.69) is 14.9 Å². The third-order valence-corrected chi connectivity index (χ3v) is 3.61. The van der Waals surface area contributed by atoms with Gasteiger partial charge in [-0.05, 0) is 14.0 Å². The number of nitrogens with zero attached hydrogens (tertiary/aromatic N) is 4. The van der Waals surface area contributed by atoms with Crippen LogP contribution in [0.4, 0.5) is 0 Å². The van der Waals surface area contributed by atoms with E-state index in [1.807, 2.05) is 11.9 Å². The minimum absolute atomic E-state index is 0.488. The van der Waals surface area contributed by atoms with E-state index >= 15 is 0 Å².